The molecule has 9 heteroatoms. The first kappa shape index (κ1) is 14.8. The average Bonchev–Trinajstić information content (AvgIpc) is 2.74. The molecule has 1 aromatic rings. The van der Waals surface area contributed by atoms with Gasteiger partial charge in [-0.15, -0.1) is 11.6 Å². The number of rotatable bonds is 6. The first-order valence-corrected chi connectivity index (χ1v) is 6.54. The van der Waals surface area contributed by atoms with Gasteiger partial charge < -0.3 is 5.32 Å². The zero-order valence-corrected chi connectivity index (χ0v) is 11.6. The summed E-state index contributed by atoms with van der Waals surface area (Å²) in [5, 5.41) is 16.6. The molecule has 0 spiro atoms. The molecule has 1 rings (SSSR count). The van der Waals surface area contributed by atoms with Crippen molar-refractivity contribution >= 4 is 40.8 Å². The molecule has 0 saturated heterocycles. The van der Waals surface area contributed by atoms with Crippen LogP contribution in [0.15, 0.2) is 0 Å². The normalized spacial score (nSPS) is 10.1. The van der Waals surface area contributed by atoms with Gasteiger partial charge in [0.1, 0.15) is 0 Å². The molecule has 1 aromatic heterocycles. The van der Waals surface area contributed by atoms with E-state index in [9.17, 15) is 4.79 Å². The summed E-state index contributed by atoms with van der Waals surface area (Å²) in [5.74, 6) is 0.685. The molecule has 1 heterocycles. The quantitative estimate of drug-likeness (QED) is 0.598. The maximum absolute atomic E-state index is 11.4. The Morgan fingerprint density at radius 2 is 2.33 bits per heavy atom. The Hall–Kier alpha value is -1.28. The molecule has 18 heavy (non-hydrogen) atoms. The van der Waals surface area contributed by atoms with E-state index in [0.29, 0.717) is 31.2 Å². The highest BCUT2D eigenvalue weighted by molar-refractivity contribution is 7.80. The van der Waals surface area contributed by atoms with Crippen LogP contribution in [-0.4, -0.2) is 37.1 Å². The molecule has 2 N–H and O–H groups in total. The number of halogens is 1. The Bertz CT molecular complexity index is 410. The maximum atomic E-state index is 11.4. The lowest BCUT2D eigenvalue weighted by molar-refractivity contribution is -0.119. The van der Waals surface area contributed by atoms with Crippen LogP contribution in [0, 0.1) is 0 Å². The molecule has 0 radical (unpaired) electrons. The number of aryl methyl sites for hydroxylation is 1. The van der Waals surface area contributed by atoms with Crippen molar-refractivity contribution in [3.63, 3.8) is 0 Å². The van der Waals surface area contributed by atoms with E-state index in [4.69, 9.17) is 23.8 Å². The number of nitrogens with one attached hydrogen (secondary N) is 2. The highest BCUT2D eigenvalue weighted by Gasteiger charge is 2.09. The smallest absolute Gasteiger partial charge is 0.249 e. The monoisotopic (exact) mass is 290 g/mol. The molecule has 7 nitrogen and oxygen atoms in total. The third kappa shape index (κ3) is 4.92. The van der Waals surface area contributed by atoms with E-state index in [-0.39, 0.29) is 11.0 Å². The van der Waals surface area contributed by atoms with Gasteiger partial charge in [0.2, 0.25) is 11.9 Å². The van der Waals surface area contributed by atoms with Crippen LogP contribution in [0.3, 0.4) is 0 Å². The van der Waals surface area contributed by atoms with Gasteiger partial charge in [-0.3, -0.25) is 10.1 Å². The standard InChI is InChI=1S/C9H15ClN6OS/c1-2-6-16-8(13-14-15-16)12-9(18)11-7(17)4-3-5-10/h2-6H2,1H3,(H2,11,12,13,15,17,18). The predicted molar refractivity (Wildman–Crippen MR) is 72.4 cm³/mol. The second-order valence-corrected chi connectivity index (χ2v) is 4.31. The molecule has 1 amide bonds. The molecule has 0 fully saturated rings. The molecule has 0 atom stereocenters. The number of alkyl halides is 1. The summed E-state index contributed by atoms with van der Waals surface area (Å²) in [6.07, 6.45) is 1.85. The maximum Gasteiger partial charge on any atom is 0.249 e. The summed E-state index contributed by atoms with van der Waals surface area (Å²) in [6.45, 7) is 2.69. The highest BCUT2D eigenvalue weighted by Crippen LogP contribution is 2.00. The Morgan fingerprint density at radius 3 is 3.00 bits per heavy atom. The van der Waals surface area contributed by atoms with Gasteiger partial charge in [-0.05, 0) is 35.5 Å². The molecule has 0 aliphatic rings. The molecule has 0 aromatic carbocycles. The van der Waals surface area contributed by atoms with Gasteiger partial charge >= 0.3 is 0 Å². The SMILES string of the molecule is CCCn1nnnc1NC(=S)NC(=O)CCCCl. The van der Waals surface area contributed by atoms with Gasteiger partial charge in [-0.1, -0.05) is 12.0 Å². The second-order valence-electron chi connectivity index (χ2n) is 3.52. The lowest BCUT2D eigenvalue weighted by Gasteiger charge is -2.08. The zero-order valence-electron chi connectivity index (χ0n) is 10.0. The van der Waals surface area contributed by atoms with Gasteiger partial charge in [0.15, 0.2) is 5.11 Å². The van der Waals surface area contributed by atoms with Crippen molar-refractivity contribution < 1.29 is 4.79 Å². The second kappa shape index (κ2) is 7.93. The van der Waals surface area contributed by atoms with Crippen LogP contribution < -0.4 is 10.6 Å². The van der Waals surface area contributed by atoms with E-state index >= 15 is 0 Å². The fraction of sp³-hybridized carbons (Fsp3) is 0.667. The van der Waals surface area contributed by atoms with Crippen molar-refractivity contribution in [2.24, 2.45) is 0 Å². The van der Waals surface area contributed by atoms with Crippen molar-refractivity contribution in [3.8, 4) is 0 Å². The number of carbonyl (C=O) groups excluding carboxylic acids is 1. The van der Waals surface area contributed by atoms with Gasteiger partial charge in [0, 0.05) is 18.8 Å². The van der Waals surface area contributed by atoms with Crippen molar-refractivity contribution in [1.29, 1.82) is 0 Å². The topological polar surface area (TPSA) is 84.7 Å². The van der Waals surface area contributed by atoms with Crippen LogP contribution in [-0.2, 0) is 11.3 Å². The molecular weight excluding hydrogens is 276 g/mol. The summed E-state index contributed by atoms with van der Waals surface area (Å²) in [4.78, 5) is 11.4. The Balaban J connectivity index is 2.44. The molecule has 100 valence electrons. The minimum absolute atomic E-state index is 0.178. The number of anilines is 1. The van der Waals surface area contributed by atoms with Crippen LogP contribution in [0.5, 0.6) is 0 Å². The Morgan fingerprint density at radius 1 is 1.56 bits per heavy atom. The molecular formula is C9H15ClN6OS. The van der Waals surface area contributed by atoms with Crippen LogP contribution in [0.25, 0.3) is 0 Å². The predicted octanol–water partition coefficient (Wildman–Crippen LogP) is 0.915. The van der Waals surface area contributed by atoms with E-state index in [1.54, 1.807) is 4.68 Å². The number of tetrazole rings is 1. The van der Waals surface area contributed by atoms with Crippen molar-refractivity contribution in [3.05, 3.63) is 0 Å². The number of thiocarbonyl (C=S) groups is 1. The van der Waals surface area contributed by atoms with Crippen LogP contribution in [0.2, 0.25) is 0 Å². The van der Waals surface area contributed by atoms with E-state index < -0.39 is 0 Å². The minimum atomic E-state index is -0.178. The summed E-state index contributed by atoms with van der Waals surface area (Å²) in [5.41, 5.74) is 0. The molecule has 0 saturated carbocycles. The highest BCUT2D eigenvalue weighted by atomic mass is 35.5. The fourth-order valence-electron chi connectivity index (χ4n) is 1.21. The zero-order chi connectivity index (χ0) is 13.4. The number of aromatic nitrogens is 4. The third-order valence-electron chi connectivity index (χ3n) is 1.98. The number of amides is 1. The van der Waals surface area contributed by atoms with Crippen LogP contribution in [0.1, 0.15) is 26.2 Å². The summed E-state index contributed by atoms with van der Waals surface area (Å²) in [6, 6.07) is 0. The van der Waals surface area contributed by atoms with Crippen molar-refractivity contribution in [2.75, 3.05) is 11.2 Å². The molecule has 0 aliphatic carbocycles. The molecule has 0 unspecified atom stereocenters. The molecule has 0 aliphatic heterocycles. The molecule has 0 bridgehead atoms. The van der Waals surface area contributed by atoms with Crippen LogP contribution >= 0.6 is 23.8 Å². The number of nitrogens with zero attached hydrogens (tertiary/aromatic N) is 4. The first-order valence-electron chi connectivity index (χ1n) is 5.60. The largest absolute Gasteiger partial charge is 0.303 e. The van der Waals surface area contributed by atoms with E-state index in [1.807, 2.05) is 6.92 Å². The summed E-state index contributed by atoms with van der Waals surface area (Å²) in [7, 11) is 0. The van der Waals surface area contributed by atoms with E-state index in [1.165, 1.54) is 0 Å². The lowest BCUT2D eigenvalue weighted by Crippen LogP contribution is -2.34. The minimum Gasteiger partial charge on any atom is -0.303 e. The van der Waals surface area contributed by atoms with Crippen molar-refractivity contribution in [2.45, 2.75) is 32.7 Å². The Labute approximate surface area is 115 Å². The van der Waals surface area contributed by atoms with Gasteiger partial charge in [-0.2, -0.15) is 0 Å². The van der Waals surface area contributed by atoms with E-state index in [0.717, 1.165) is 6.42 Å². The third-order valence-corrected chi connectivity index (χ3v) is 2.45. The fourth-order valence-corrected chi connectivity index (χ4v) is 1.54. The first-order chi connectivity index (χ1) is 8.67. The van der Waals surface area contributed by atoms with E-state index in [2.05, 4.69) is 26.2 Å². The number of hydrogen-bond donors (Lipinski definition) is 2. The lowest BCUT2D eigenvalue weighted by atomic mass is 10.3. The average molecular weight is 291 g/mol. The van der Waals surface area contributed by atoms with Gasteiger partial charge in [-0.25, -0.2) is 4.68 Å². The van der Waals surface area contributed by atoms with Crippen molar-refractivity contribution in [1.82, 2.24) is 25.5 Å². The summed E-state index contributed by atoms with van der Waals surface area (Å²) >= 11 is 10.5. The number of hydrogen-bond acceptors (Lipinski definition) is 5. The number of carbonyl (C=O) groups is 1. The van der Waals surface area contributed by atoms with Gasteiger partial charge in [0.05, 0.1) is 0 Å². The summed E-state index contributed by atoms with van der Waals surface area (Å²) < 4.78 is 1.58. The Kier molecular flexibility index (Phi) is 6.51. The van der Waals surface area contributed by atoms with Crippen LogP contribution in [0.4, 0.5) is 5.95 Å². The van der Waals surface area contributed by atoms with Gasteiger partial charge in [0.25, 0.3) is 0 Å².